The molecule has 1 aliphatic heterocycles. The third-order valence-electron chi connectivity index (χ3n) is 4.10. The van der Waals surface area contributed by atoms with Crippen LogP contribution in [-0.2, 0) is 11.2 Å². The van der Waals surface area contributed by atoms with Gasteiger partial charge < -0.3 is 9.42 Å². The molecule has 1 aliphatic rings. The molecule has 1 aromatic carbocycles. The van der Waals surface area contributed by atoms with Crippen molar-refractivity contribution >= 4 is 11.6 Å². The normalized spacial score (nSPS) is 18.5. The summed E-state index contributed by atoms with van der Waals surface area (Å²) in [5, 5.41) is 3.99. The van der Waals surface area contributed by atoms with Gasteiger partial charge in [-0.25, -0.2) is 0 Å². The number of amides is 1. The molecule has 0 radical (unpaired) electrons. The van der Waals surface area contributed by atoms with Gasteiger partial charge in [0.15, 0.2) is 5.82 Å². The lowest BCUT2D eigenvalue weighted by Gasteiger charge is -2.16. The maximum absolute atomic E-state index is 12.3. The lowest BCUT2D eigenvalue weighted by molar-refractivity contribution is -0.117. The van der Waals surface area contributed by atoms with E-state index in [2.05, 4.69) is 29.2 Å². The highest BCUT2D eigenvalue weighted by Gasteiger charge is 2.35. The zero-order valence-electron chi connectivity index (χ0n) is 13.2. The Morgan fingerprint density at radius 3 is 2.64 bits per heavy atom. The number of nitrogens with zero attached hydrogens (tertiary/aromatic N) is 3. The number of carbonyl (C=O) groups is 1. The molecule has 0 aliphatic carbocycles. The van der Waals surface area contributed by atoms with Crippen molar-refractivity contribution in [2.75, 3.05) is 11.4 Å². The van der Waals surface area contributed by atoms with Gasteiger partial charge >= 0.3 is 0 Å². The summed E-state index contributed by atoms with van der Waals surface area (Å²) in [7, 11) is 0. The molecule has 22 heavy (non-hydrogen) atoms. The summed E-state index contributed by atoms with van der Waals surface area (Å²) in [6.45, 7) is 6.77. The minimum absolute atomic E-state index is 0.0154. The van der Waals surface area contributed by atoms with Gasteiger partial charge in [0.05, 0.1) is 5.92 Å². The van der Waals surface area contributed by atoms with Crippen molar-refractivity contribution in [3.8, 4) is 0 Å². The third-order valence-corrected chi connectivity index (χ3v) is 4.10. The average molecular weight is 299 g/mol. The van der Waals surface area contributed by atoms with E-state index in [1.165, 1.54) is 5.56 Å². The lowest BCUT2D eigenvalue weighted by Crippen LogP contribution is -2.24. The fourth-order valence-electron chi connectivity index (χ4n) is 2.68. The van der Waals surface area contributed by atoms with Crippen molar-refractivity contribution in [2.24, 2.45) is 0 Å². The molecule has 1 fully saturated rings. The van der Waals surface area contributed by atoms with Crippen LogP contribution in [0, 0.1) is 0 Å². The van der Waals surface area contributed by atoms with Gasteiger partial charge in [0, 0.05) is 24.6 Å². The zero-order chi connectivity index (χ0) is 15.7. The molecule has 5 nitrogen and oxygen atoms in total. The van der Waals surface area contributed by atoms with E-state index in [1.807, 2.05) is 30.9 Å². The van der Waals surface area contributed by atoms with Crippen LogP contribution in [0.1, 0.15) is 56.3 Å². The van der Waals surface area contributed by atoms with E-state index in [0.29, 0.717) is 24.7 Å². The number of aryl methyl sites for hydroxylation is 1. The minimum Gasteiger partial charge on any atom is -0.339 e. The lowest BCUT2D eigenvalue weighted by atomic mass is 10.1. The molecule has 0 spiro atoms. The predicted molar refractivity (Wildman–Crippen MR) is 83.9 cm³/mol. The molecular weight excluding hydrogens is 278 g/mol. The van der Waals surface area contributed by atoms with E-state index < -0.39 is 0 Å². The fourth-order valence-corrected chi connectivity index (χ4v) is 2.68. The molecule has 1 unspecified atom stereocenters. The Morgan fingerprint density at radius 2 is 2.05 bits per heavy atom. The third kappa shape index (κ3) is 2.75. The van der Waals surface area contributed by atoms with Crippen LogP contribution in [0.2, 0.25) is 0 Å². The van der Waals surface area contributed by atoms with Crippen LogP contribution < -0.4 is 4.90 Å². The van der Waals surface area contributed by atoms with E-state index in [1.54, 1.807) is 0 Å². The molecule has 5 heteroatoms. The Labute approximate surface area is 130 Å². The number of carbonyl (C=O) groups excluding carboxylic acids is 1. The van der Waals surface area contributed by atoms with Gasteiger partial charge in [-0.05, 0) is 24.1 Å². The molecule has 0 bridgehead atoms. The second-order valence-corrected chi connectivity index (χ2v) is 6.07. The van der Waals surface area contributed by atoms with Crippen LogP contribution in [0.5, 0.6) is 0 Å². The maximum atomic E-state index is 12.3. The number of benzene rings is 1. The van der Waals surface area contributed by atoms with Gasteiger partial charge in [-0.2, -0.15) is 4.98 Å². The molecule has 1 amide bonds. The largest absolute Gasteiger partial charge is 0.339 e. The molecule has 2 heterocycles. The Balaban J connectivity index is 1.77. The van der Waals surface area contributed by atoms with Crippen molar-refractivity contribution in [2.45, 2.75) is 45.4 Å². The first-order chi connectivity index (χ1) is 10.6. The van der Waals surface area contributed by atoms with E-state index in [9.17, 15) is 4.79 Å². The SMILES string of the molecule is CCc1ccc(N2CC(c3nc(C(C)C)no3)CC2=O)cc1. The molecule has 1 atom stereocenters. The fraction of sp³-hybridized carbons (Fsp3) is 0.471. The van der Waals surface area contributed by atoms with Crippen LogP contribution in [0.4, 0.5) is 5.69 Å². The second-order valence-electron chi connectivity index (χ2n) is 6.07. The molecule has 3 rings (SSSR count). The van der Waals surface area contributed by atoms with Crippen LogP contribution in [-0.4, -0.2) is 22.6 Å². The standard InChI is InChI=1S/C17H21N3O2/c1-4-12-5-7-14(8-6-12)20-10-13(9-15(20)21)17-18-16(11(2)3)19-22-17/h5-8,11,13H,4,9-10H2,1-3H3. The maximum Gasteiger partial charge on any atom is 0.232 e. The summed E-state index contributed by atoms with van der Waals surface area (Å²) in [4.78, 5) is 18.5. The van der Waals surface area contributed by atoms with Crippen LogP contribution in [0.3, 0.4) is 0 Å². The van der Waals surface area contributed by atoms with Crippen LogP contribution >= 0.6 is 0 Å². The van der Waals surface area contributed by atoms with E-state index in [4.69, 9.17) is 4.52 Å². The summed E-state index contributed by atoms with van der Waals surface area (Å²) in [6, 6.07) is 8.15. The first-order valence-electron chi connectivity index (χ1n) is 7.81. The smallest absolute Gasteiger partial charge is 0.232 e. The Bertz CT molecular complexity index is 661. The summed E-state index contributed by atoms with van der Waals surface area (Å²) in [5.74, 6) is 1.60. The predicted octanol–water partition coefficient (Wildman–Crippen LogP) is 3.28. The van der Waals surface area contributed by atoms with Crippen LogP contribution in [0.25, 0.3) is 0 Å². The Morgan fingerprint density at radius 1 is 1.32 bits per heavy atom. The minimum atomic E-state index is -0.0154. The molecular formula is C17H21N3O2. The van der Waals surface area contributed by atoms with Crippen molar-refractivity contribution < 1.29 is 9.32 Å². The molecule has 2 aromatic rings. The topological polar surface area (TPSA) is 59.2 Å². The molecule has 0 N–H and O–H groups in total. The molecule has 1 aromatic heterocycles. The second kappa shape index (κ2) is 5.91. The average Bonchev–Trinajstić information content (AvgIpc) is 3.14. The summed E-state index contributed by atoms with van der Waals surface area (Å²) < 4.78 is 5.34. The molecule has 1 saturated heterocycles. The monoisotopic (exact) mass is 299 g/mol. The zero-order valence-corrected chi connectivity index (χ0v) is 13.2. The van der Waals surface area contributed by atoms with Crippen molar-refractivity contribution in [3.63, 3.8) is 0 Å². The summed E-state index contributed by atoms with van der Waals surface area (Å²) in [6.07, 6.45) is 1.42. The van der Waals surface area contributed by atoms with Gasteiger partial charge in [0.25, 0.3) is 0 Å². The summed E-state index contributed by atoms with van der Waals surface area (Å²) >= 11 is 0. The van der Waals surface area contributed by atoms with Gasteiger partial charge in [-0.15, -0.1) is 0 Å². The van der Waals surface area contributed by atoms with E-state index in [0.717, 1.165) is 12.1 Å². The number of aromatic nitrogens is 2. The molecule has 116 valence electrons. The Kier molecular flexibility index (Phi) is 3.96. The van der Waals surface area contributed by atoms with E-state index >= 15 is 0 Å². The van der Waals surface area contributed by atoms with Gasteiger partial charge in [0.1, 0.15) is 0 Å². The highest BCUT2D eigenvalue weighted by molar-refractivity contribution is 5.96. The quantitative estimate of drug-likeness (QED) is 0.869. The first-order valence-corrected chi connectivity index (χ1v) is 7.81. The van der Waals surface area contributed by atoms with Crippen molar-refractivity contribution in [1.29, 1.82) is 0 Å². The van der Waals surface area contributed by atoms with Crippen molar-refractivity contribution in [3.05, 3.63) is 41.5 Å². The highest BCUT2D eigenvalue weighted by Crippen LogP contribution is 2.31. The highest BCUT2D eigenvalue weighted by atomic mass is 16.5. The number of rotatable bonds is 4. The Hall–Kier alpha value is -2.17. The number of anilines is 1. The van der Waals surface area contributed by atoms with Crippen molar-refractivity contribution in [1.82, 2.24) is 10.1 Å². The summed E-state index contributed by atoms with van der Waals surface area (Å²) in [5.41, 5.74) is 2.21. The van der Waals surface area contributed by atoms with Gasteiger partial charge in [-0.3, -0.25) is 4.79 Å². The number of hydrogen-bond donors (Lipinski definition) is 0. The molecule has 0 saturated carbocycles. The first kappa shape index (κ1) is 14.8. The van der Waals surface area contributed by atoms with Gasteiger partial charge in [-0.1, -0.05) is 38.1 Å². The number of hydrogen-bond acceptors (Lipinski definition) is 4. The van der Waals surface area contributed by atoms with Gasteiger partial charge in [0.2, 0.25) is 11.8 Å². The van der Waals surface area contributed by atoms with E-state index in [-0.39, 0.29) is 17.7 Å². The van der Waals surface area contributed by atoms with Crippen LogP contribution in [0.15, 0.2) is 28.8 Å².